The van der Waals surface area contributed by atoms with Gasteiger partial charge in [-0.2, -0.15) is 0 Å². The molecule has 0 radical (unpaired) electrons. The highest BCUT2D eigenvalue weighted by Gasteiger charge is 2.45. The van der Waals surface area contributed by atoms with E-state index in [0.29, 0.717) is 6.61 Å². The second-order valence-corrected chi connectivity index (χ2v) is 9.07. The molecule has 3 heterocycles. The van der Waals surface area contributed by atoms with Gasteiger partial charge in [0.25, 0.3) is 0 Å². The third kappa shape index (κ3) is 3.89. The van der Waals surface area contributed by atoms with Gasteiger partial charge >= 0.3 is 0 Å². The molecule has 3 aromatic rings. The Balaban J connectivity index is 2.13. The zero-order valence-electron chi connectivity index (χ0n) is 13.8. The van der Waals surface area contributed by atoms with Crippen LogP contribution < -0.4 is 15.9 Å². The van der Waals surface area contributed by atoms with Crippen LogP contribution in [0.5, 0.6) is 0 Å². The first-order chi connectivity index (χ1) is 12.4. The molecule has 0 fully saturated rings. The highest BCUT2D eigenvalue weighted by atomic mass is 31.2. The van der Waals surface area contributed by atoms with Crippen LogP contribution >= 0.6 is 7.26 Å². The molecule has 3 aromatic heterocycles. The van der Waals surface area contributed by atoms with Crippen LogP contribution in [0.2, 0.25) is 0 Å². The molecule has 0 aromatic carbocycles. The van der Waals surface area contributed by atoms with E-state index >= 15 is 0 Å². The predicted octanol–water partition coefficient (Wildman–Crippen LogP) is 2.15. The summed E-state index contributed by atoms with van der Waals surface area (Å²) >= 11 is 0. The van der Waals surface area contributed by atoms with E-state index in [1.54, 1.807) is 0 Å². The SMILES string of the molecule is [18F]CCOCC[P+](c1ccncc1)(c1ccncc1)c1ccncc1. The number of pyridine rings is 3. The lowest BCUT2D eigenvalue weighted by Gasteiger charge is -2.27. The van der Waals surface area contributed by atoms with Crippen molar-refractivity contribution in [2.75, 3.05) is 26.1 Å². The van der Waals surface area contributed by atoms with Crippen LogP contribution in [-0.4, -0.2) is 41.0 Å². The molecule has 128 valence electrons. The topological polar surface area (TPSA) is 47.9 Å². The van der Waals surface area contributed by atoms with Crippen LogP contribution in [0.3, 0.4) is 0 Å². The third-order valence-corrected chi connectivity index (χ3v) is 8.50. The summed E-state index contributed by atoms with van der Waals surface area (Å²) in [6.07, 6.45) is 11.7. The molecule has 0 spiro atoms. The number of ether oxygens (including phenoxy) is 1. The third-order valence-electron chi connectivity index (χ3n) is 4.10. The van der Waals surface area contributed by atoms with Crippen LogP contribution in [0.1, 0.15) is 0 Å². The van der Waals surface area contributed by atoms with Gasteiger partial charge in [0.05, 0.1) is 19.4 Å². The van der Waals surface area contributed by atoms with Crippen molar-refractivity contribution in [3.63, 3.8) is 0 Å². The summed E-state index contributed by atoms with van der Waals surface area (Å²) in [7, 11) is -1.96. The average Bonchev–Trinajstić information content (AvgIpc) is 2.70. The van der Waals surface area contributed by atoms with E-state index in [-0.39, 0.29) is 6.61 Å². The maximum Gasteiger partial charge on any atom is 0.114 e. The maximum atomic E-state index is 12.4. The quantitative estimate of drug-likeness (QED) is 0.459. The van der Waals surface area contributed by atoms with E-state index in [0.717, 1.165) is 6.16 Å². The number of alkyl halides is 1. The molecule has 0 amide bonds. The molecule has 6 heteroatoms. The Hall–Kier alpha value is -2.23. The Morgan fingerprint density at radius 3 is 1.44 bits per heavy atom. The van der Waals surface area contributed by atoms with Crippen LogP contribution in [0.4, 0.5) is 4.39 Å². The minimum Gasteiger partial charge on any atom is -0.375 e. The molecule has 0 aliphatic carbocycles. The fourth-order valence-electron chi connectivity index (χ4n) is 2.99. The summed E-state index contributed by atoms with van der Waals surface area (Å²) in [6, 6.07) is 12.4. The van der Waals surface area contributed by atoms with Gasteiger partial charge in [0.1, 0.15) is 29.9 Å². The number of aromatic nitrogens is 3. The minimum absolute atomic E-state index is 0.128. The van der Waals surface area contributed by atoms with Crippen LogP contribution in [0.15, 0.2) is 73.6 Å². The first kappa shape index (κ1) is 17.6. The highest BCUT2D eigenvalue weighted by Crippen LogP contribution is 2.54. The highest BCUT2D eigenvalue weighted by molar-refractivity contribution is 7.95. The first-order valence-electron chi connectivity index (χ1n) is 8.11. The summed E-state index contributed by atoms with van der Waals surface area (Å²) < 4.78 is 17.9. The van der Waals surface area contributed by atoms with Crippen LogP contribution in [0, 0.1) is 0 Å². The Morgan fingerprint density at radius 2 is 1.08 bits per heavy atom. The van der Waals surface area contributed by atoms with Crippen molar-refractivity contribution >= 4 is 23.2 Å². The van der Waals surface area contributed by atoms with Gasteiger partial charge in [-0.05, 0) is 36.4 Å². The molecule has 25 heavy (non-hydrogen) atoms. The van der Waals surface area contributed by atoms with Crippen molar-refractivity contribution in [2.45, 2.75) is 0 Å². The zero-order valence-corrected chi connectivity index (χ0v) is 14.7. The van der Waals surface area contributed by atoms with Crippen LogP contribution in [-0.2, 0) is 4.74 Å². The van der Waals surface area contributed by atoms with E-state index in [9.17, 15) is 4.39 Å². The van der Waals surface area contributed by atoms with E-state index < -0.39 is 13.9 Å². The van der Waals surface area contributed by atoms with Crippen molar-refractivity contribution in [1.29, 1.82) is 0 Å². The number of rotatable bonds is 8. The first-order valence-corrected chi connectivity index (χ1v) is 10.1. The van der Waals surface area contributed by atoms with Crippen molar-refractivity contribution in [2.24, 2.45) is 0 Å². The van der Waals surface area contributed by atoms with Gasteiger partial charge in [-0.25, -0.2) is 4.39 Å². The molecular weight excluding hydrogens is 335 g/mol. The van der Waals surface area contributed by atoms with Crippen molar-refractivity contribution < 1.29 is 9.13 Å². The van der Waals surface area contributed by atoms with Gasteiger partial charge in [0.15, 0.2) is 0 Å². The fraction of sp³-hybridized carbons (Fsp3) is 0.211. The van der Waals surface area contributed by atoms with Gasteiger partial charge in [-0.15, -0.1) is 0 Å². The molecule has 4 nitrogen and oxygen atoms in total. The van der Waals surface area contributed by atoms with Crippen molar-refractivity contribution in [1.82, 2.24) is 15.0 Å². The van der Waals surface area contributed by atoms with Crippen molar-refractivity contribution in [3.05, 3.63) is 73.6 Å². The summed E-state index contributed by atoms with van der Waals surface area (Å²) in [4.78, 5) is 12.5. The van der Waals surface area contributed by atoms with Crippen LogP contribution in [0.25, 0.3) is 0 Å². The lowest BCUT2D eigenvalue weighted by molar-refractivity contribution is 0.132. The molecule has 0 atom stereocenters. The second kappa shape index (κ2) is 8.75. The van der Waals surface area contributed by atoms with E-state index in [1.165, 1.54) is 15.9 Å². The maximum absolute atomic E-state index is 12.4. The minimum atomic E-state index is -1.96. The van der Waals surface area contributed by atoms with E-state index in [4.69, 9.17) is 4.74 Å². The Morgan fingerprint density at radius 1 is 0.680 bits per heavy atom. The predicted molar refractivity (Wildman–Crippen MR) is 100 cm³/mol. The smallest absolute Gasteiger partial charge is 0.114 e. The Kier molecular flexibility index (Phi) is 6.15. The number of nitrogens with zero attached hydrogens (tertiary/aromatic N) is 3. The van der Waals surface area contributed by atoms with Gasteiger partial charge < -0.3 is 4.74 Å². The van der Waals surface area contributed by atoms with Gasteiger partial charge in [-0.3, -0.25) is 15.0 Å². The van der Waals surface area contributed by atoms with Gasteiger partial charge in [0, 0.05) is 37.2 Å². The molecule has 0 saturated carbocycles. The van der Waals surface area contributed by atoms with Crippen molar-refractivity contribution in [3.8, 4) is 0 Å². The molecule has 0 saturated heterocycles. The summed E-state index contributed by atoms with van der Waals surface area (Å²) in [6.45, 7) is 0.152. The molecule has 0 N–H and O–H groups in total. The van der Waals surface area contributed by atoms with E-state index in [1.807, 2.05) is 37.2 Å². The molecule has 0 aliphatic heterocycles. The molecule has 0 unspecified atom stereocenters. The normalized spacial score (nSPS) is 11.4. The molecule has 0 aliphatic rings. The number of halogens is 1. The van der Waals surface area contributed by atoms with Gasteiger partial charge in [0.2, 0.25) is 0 Å². The number of hydrogen-bond donors (Lipinski definition) is 0. The zero-order chi connectivity index (χ0) is 17.4. The number of hydrogen-bond acceptors (Lipinski definition) is 4. The van der Waals surface area contributed by atoms with E-state index in [2.05, 4.69) is 51.4 Å². The summed E-state index contributed by atoms with van der Waals surface area (Å²) in [5.74, 6) is 0. The average molecular weight is 355 g/mol. The Labute approximate surface area is 147 Å². The molecule has 3 rings (SSSR count). The summed E-state index contributed by atoms with van der Waals surface area (Å²) in [5.41, 5.74) is 0. The second-order valence-electron chi connectivity index (χ2n) is 5.45. The largest absolute Gasteiger partial charge is 0.375 e. The summed E-state index contributed by atoms with van der Waals surface area (Å²) in [5, 5.41) is 3.64. The standard InChI is InChI=1S/C19H20FN3OP/c20-7-14-24-15-16-25(17-1-8-21-9-2-17,18-3-10-22-11-4-18)19-5-12-23-13-6-19/h1-6,8-13H,7,14-16H2/q+1/i20-1. The van der Waals surface area contributed by atoms with Gasteiger partial charge in [-0.1, -0.05) is 0 Å². The fourth-order valence-corrected chi connectivity index (χ4v) is 6.99. The lowest BCUT2D eigenvalue weighted by atomic mass is 10.5. The lowest BCUT2D eigenvalue weighted by Crippen LogP contribution is -2.35. The Bertz CT molecular complexity index is 663. The molecule has 0 bridgehead atoms. The monoisotopic (exact) mass is 355 g/mol. The molecular formula is C19H20FN3OP+.